The van der Waals surface area contributed by atoms with Crippen LogP contribution in [0.4, 0.5) is 0 Å². The first-order chi connectivity index (χ1) is 8.46. The molecule has 3 nitrogen and oxygen atoms in total. The molecule has 0 fully saturated rings. The molecule has 1 rings (SSSR count). The quantitative estimate of drug-likeness (QED) is 0.833. The largest absolute Gasteiger partial charge is 0.378 e. The molecule has 1 aromatic heterocycles. The number of methoxy groups -OCH3 is 1. The zero-order valence-electron chi connectivity index (χ0n) is 12.0. The lowest BCUT2D eigenvalue weighted by atomic mass is 10.3. The molecule has 5 heteroatoms. The number of nitrogens with one attached hydrogen (secondary N) is 1. The number of aromatic nitrogens is 1. The van der Waals surface area contributed by atoms with Gasteiger partial charge in [0.05, 0.1) is 12.3 Å². The summed E-state index contributed by atoms with van der Waals surface area (Å²) in [7, 11) is 1.72. The van der Waals surface area contributed by atoms with Crippen LogP contribution >= 0.6 is 23.1 Å². The third-order valence-electron chi connectivity index (χ3n) is 2.27. The number of thioether (sulfide) groups is 1. The van der Waals surface area contributed by atoms with E-state index in [-0.39, 0.29) is 4.75 Å². The number of thiazole rings is 1. The van der Waals surface area contributed by atoms with E-state index in [0.29, 0.717) is 6.61 Å². The molecular formula is C13H24N2OS2. The van der Waals surface area contributed by atoms with Crippen LogP contribution in [0.3, 0.4) is 0 Å². The Balaban J connectivity index is 2.68. The van der Waals surface area contributed by atoms with Crippen LogP contribution in [-0.4, -0.2) is 23.4 Å². The molecular weight excluding hydrogens is 264 g/mol. The Morgan fingerprint density at radius 2 is 2.11 bits per heavy atom. The summed E-state index contributed by atoms with van der Waals surface area (Å²) in [6.45, 7) is 11.3. The minimum Gasteiger partial charge on any atom is -0.378 e. The van der Waals surface area contributed by atoms with Crippen molar-refractivity contribution in [2.24, 2.45) is 0 Å². The topological polar surface area (TPSA) is 34.2 Å². The van der Waals surface area contributed by atoms with Crippen LogP contribution in [0.15, 0.2) is 0 Å². The summed E-state index contributed by atoms with van der Waals surface area (Å²) >= 11 is 3.74. The van der Waals surface area contributed by atoms with Crippen LogP contribution in [0, 0.1) is 0 Å². The molecule has 0 aliphatic heterocycles. The van der Waals surface area contributed by atoms with Gasteiger partial charge in [0.2, 0.25) is 0 Å². The Morgan fingerprint density at radius 1 is 1.39 bits per heavy atom. The van der Waals surface area contributed by atoms with Crippen molar-refractivity contribution >= 4 is 23.1 Å². The van der Waals surface area contributed by atoms with Gasteiger partial charge in [-0.25, -0.2) is 4.98 Å². The summed E-state index contributed by atoms with van der Waals surface area (Å²) in [5.74, 6) is 0.983. The van der Waals surface area contributed by atoms with Crippen LogP contribution < -0.4 is 5.32 Å². The van der Waals surface area contributed by atoms with Crippen LogP contribution in [0.1, 0.15) is 43.3 Å². The lowest BCUT2D eigenvalue weighted by molar-refractivity contribution is 0.181. The van der Waals surface area contributed by atoms with E-state index in [0.717, 1.165) is 24.5 Å². The minimum atomic E-state index is 0.287. The van der Waals surface area contributed by atoms with E-state index in [9.17, 15) is 0 Å². The Labute approximate surface area is 119 Å². The average Bonchev–Trinajstić information content (AvgIpc) is 2.66. The summed E-state index contributed by atoms with van der Waals surface area (Å²) in [5.41, 5.74) is 1.09. The van der Waals surface area contributed by atoms with Crippen molar-refractivity contribution < 1.29 is 4.74 Å². The van der Waals surface area contributed by atoms with Gasteiger partial charge < -0.3 is 10.1 Å². The molecule has 0 atom stereocenters. The third-order valence-corrected chi connectivity index (χ3v) is 4.83. The van der Waals surface area contributed by atoms with Gasteiger partial charge in [-0.1, -0.05) is 27.7 Å². The monoisotopic (exact) mass is 288 g/mol. The average molecular weight is 288 g/mol. The van der Waals surface area contributed by atoms with E-state index in [1.165, 1.54) is 9.88 Å². The summed E-state index contributed by atoms with van der Waals surface area (Å²) in [5, 5.41) is 4.56. The molecule has 0 spiro atoms. The maximum Gasteiger partial charge on any atom is 0.103 e. The Bertz CT molecular complexity index is 358. The molecule has 0 saturated carbocycles. The second kappa shape index (κ2) is 7.48. The van der Waals surface area contributed by atoms with Crippen LogP contribution in [0.5, 0.6) is 0 Å². The van der Waals surface area contributed by atoms with Gasteiger partial charge in [0.15, 0.2) is 0 Å². The molecule has 0 amide bonds. The number of rotatable bonds is 7. The zero-order chi connectivity index (χ0) is 13.6. The van der Waals surface area contributed by atoms with Gasteiger partial charge in [-0.3, -0.25) is 0 Å². The van der Waals surface area contributed by atoms with Gasteiger partial charge in [0, 0.05) is 29.0 Å². The molecule has 1 N–H and O–H groups in total. The highest BCUT2D eigenvalue weighted by molar-refractivity contribution is 7.99. The van der Waals surface area contributed by atoms with Gasteiger partial charge in [-0.05, 0) is 6.54 Å². The summed E-state index contributed by atoms with van der Waals surface area (Å²) in [6.07, 6.45) is 0. The van der Waals surface area contributed by atoms with Crippen molar-refractivity contribution in [3.05, 3.63) is 15.6 Å². The van der Waals surface area contributed by atoms with Gasteiger partial charge in [-0.15, -0.1) is 23.1 Å². The molecule has 104 valence electrons. The first-order valence-corrected chi connectivity index (χ1v) is 8.07. The molecule has 0 saturated heterocycles. The maximum absolute atomic E-state index is 5.22. The van der Waals surface area contributed by atoms with Gasteiger partial charge >= 0.3 is 0 Å². The summed E-state index contributed by atoms with van der Waals surface area (Å²) in [4.78, 5) is 6.00. The molecule has 0 bridgehead atoms. The van der Waals surface area contributed by atoms with Crippen LogP contribution in [-0.2, 0) is 23.6 Å². The highest BCUT2D eigenvalue weighted by Gasteiger charge is 2.15. The SMILES string of the molecule is CCNCc1sc(CSC(C)(C)C)nc1COC. The Morgan fingerprint density at radius 3 is 2.67 bits per heavy atom. The second-order valence-corrected chi connectivity index (χ2v) is 8.06. The lowest BCUT2D eigenvalue weighted by Gasteiger charge is -2.16. The Hall–Kier alpha value is -0.100. The van der Waals surface area contributed by atoms with Crippen molar-refractivity contribution in [3.8, 4) is 0 Å². The highest BCUT2D eigenvalue weighted by Crippen LogP contribution is 2.30. The standard InChI is InChI=1S/C13H24N2OS2/c1-6-14-7-11-10(8-16-5)15-12(18-11)9-17-13(2,3)4/h14H,6-9H2,1-5H3. The summed E-state index contributed by atoms with van der Waals surface area (Å²) in [6, 6.07) is 0. The van der Waals surface area contributed by atoms with Crippen molar-refractivity contribution in [1.29, 1.82) is 0 Å². The third kappa shape index (κ3) is 5.69. The van der Waals surface area contributed by atoms with E-state index >= 15 is 0 Å². The first-order valence-electron chi connectivity index (χ1n) is 6.27. The maximum atomic E-state index is 5.22. The van der Waals surface area contributed by atoms with Gasteiger partial charge in [-0.2, -0.15) is 0 Å². The van der Waals surface area contributed by atoms with Crippen molar-refractivity contribution in [2.75, 3.05) is 13.7 Å². The fourth-order valence-corrected chi connectivity index (χ4v) is 3.27. The number of nitrogens with zero attached hydrogens (tertiary/aromatic N) is 1. The fourth-order valence-electron chi connectivity index (χ4n) is 1.40. The normalized spacial score (nSPS) is 12.1. The molecule has 1 aromatic rings. The number of hydrogen-bond donors (Lipinski definition) is 1. The van der Waals surface area contributed by atoms with Crippen molar-refractivity contribution in [3.63, 3.8) is 0 Å². The molecule has 18 heavy (non-hydrogen) atoms. The van der Waals surface area contributed by atoms with Crippen LogP contribution in [0.25, 0.3) is 0 Å². The van der Waals surface area contributed by atoms with Crippen LogP contribution in [0.2, 0.25) is 0 Å². The van der Waals surface area contributed by atoms with Gasteiger partial charge in [0.1, 0.15) is 5.01 Å². The number of hydrogen-bond acceptors (Lipinski definition) is 5. The minimum absolute atomic E-state index is 0.287. The fraction of sp³-hybridized carbons (Fsp3) is 0.769. The second-order valence-electron chi connectivity index (χ2n) is 5.09. The van der Waals surface area contributed by atoms with Crippen molar-refractivity contribution in [1.82, 2.24) is 10.3 Å². The van der Waals surface area contributed by atoms with Gasteiger partial charge in [0.25, 0.3) is 0 Å². The lowest BCUT2D eigenvalue weighted by Crippen LogP contribution is -2.12. The highest BCUT2D eigenvalue weighted by atomic mass is 32.2. The first kappa shape index (κ1) is 16.0. The predicted octanol–water partition coefficient (Wildman–Crippen LogP) is 3.43. The van der Waals surface area contributed by atoms with E-state index in [1.807, 2.05) is 11.8 Å². The van der Waals surface area contributed by atoms with E-state index in [2.05, 4.69) is 38.0 Å². The molecule has 0 aromatic carbocycles. The zero-order valence-corrected chi connectivity index (χ0v) is 13.6. The smallest absolute Gasteiger partial charge is 0.103 e. The number of ether oxygens (including phenoxy) is 1. The molecule has 0 aliphatic rings. The molecule has 1 heterocycles. The van der Waals surface area contributed by atoms with E-state index < -0.39 is 0 Å². The predicted molar refractivity (Wildman–Crippen MR) is 81.3 cm³/mol. The van der Waals surface area contributed by atoms with E-state index in [1.54, 1.807) is 18.4 Å². The molecule has 0 aliphatic carbocycles. The molecule has 0 radical (unpaired) electrons. The Kier molecular flexibility index (Phi) is 6.63. The van der Waals surface area contributed by atoms with Crippen molar-refractivity contribution in [2.45, 2.75) is 51.3 Å². The summed E-state index contributed by atoms with van der Waals surface area (Å²) < 4.78 is 5.50. The van der Waals surface area contributed by atoms with E-state index in [4.69, 9.17) is 4.74 Å². The molecule has 0 unspecified atom stereocenters.